The molecule has 1 N–H and O–H groups in total. The van der Waals surface area contributed by atoms with Crippen molar-refractivity contribution in [3.8, 4) is 11.3 Å². The predicted octanol–water partition coefficient (Wildman–Crippen LogP) is 3.75. The third kappa shape index (κ3) is 3.87. The van der Waals surface area contributed by atoms with Gasteiger partial charge in [0.05, 0.1) is 16.7 Å². The highest BCUT2D eigenvalue weighted by Crippen LogP contribution is 2.39. The van der Waals surface area contributed by atoms with Crippen LogP contribution in [0.4, 0.5) is 5.82 Å². The fourth-order valence-electron chi connectivity index (χ4n) is 6.23. The normalized spacial score (nSPS) is 19.7. The number of carbonyl (C=O) groups excluding carboxylic acids is 1. The molecule has 1 amide bonds. The number of amides is 1. The lowest BCUT2D eigenvalue weighted by Gasteiger charge is -2.35. The molecule has 0 saturated carbocycles. The highest BCUT2D eigenvalue weighted by atomic mass is 16.2. The van der Waals surface area contributed by atoms with E-state index < -0.39 is 0 Å². The zero-order valence-electron chi connectivity index (χ0n) is 22.6. The lowest BCUT2D eigenvalue weighted by molar-refractivity contribution is -0.129. The first-order chi connectivity index (χ1) is 17.7. The minimum atomic E-state index is 0.199. The maximum atomic E-state index is 12.1. The topological polar surface area (TPSA) is 85.7 Å². The van der Waals surface area contributed by atoms with Crippen molar-refractivity contribution >= 4 is 28.4 Å². The highest BCUT2D eigenvalue weighted by Gasteiger charge is 2.43. The van der Waals surface area contributed by atoms with E-state index in [-0.39, 0.29) is 5.91 Å². The molecule has 9 nitrogen and oxygen atoms in total. The number of carbonyl (C=O) groups is 1. The number of likely N-dealkylation sites (tertiary alicyclic amines) is 1. The van der Waals surface area contributed by atoms with E-state index in [1.54, 1.807) is 11.2 Å². The average Bonchev–Trinajstić information content (AvgIpc) is 3.65. The van der Waals surface area contributed by atoms with Crippen molar-refractivity contribution in [2.45, 2.75) is 58.5 Å². The molecule has 0 spiro atoms. The molecule has 37 heavy (non-hydrogen) atoms. The van der Waals surface area contributed by atoms with Crippen LogP contribution in [0, 0.1) is 13.8 Å². The van der Waals surface area contributed by atoms with Gasteiger partial charge in [0, 0.05) is 69.6 Å². The lowest BCUT2D eigenvalue weighted by Crippen LogP contribution is -2.47. The second-order valence-corrected chi connectivity index (χ2v) is 11.2. The molecule has 2 saturated heterocycles. The van der Waals surface area contributed by atoms with Gasteiger partial charge in [0.2, 0.25) is 5.91 Å². The predicted molar refractivity (Wildman–Crippen MR) is 146 cm³/mol. The van der Waals surface area contributed by atoms with Gasteiger partial charge < -0.3 is 14.8 Å². The number of pyridine rings is 2. The number of aromatic amines is 1. The van der Waals surface area contributed by atoms with Gasteiger partial charge in [-0.3, -0.25) is 9.69 Å². The molecular formula is C28H36N8O. The molecule has 0 radical (unpaired) electrons. The lowest BCUT2D eigenvalue weighted by atomic mass is 9.95. The summed E-state index contributed by atoms with van der Waals surface area (Å²) in [4.78, 5) is 32.1. The summed E-state index contributed by atoms with van der Waals surface area (Å²) in [6.07, 6.45) is 5.42. The van der Waals surface area contributed by atoms with Gasteiger partial charge in [-0.2, -0.15) is 5.10 Å². The number of H-pyrrole nitrogens is 1. The van der Waals surface area contributed by atoms with E-state index in [0.717, 1.165) is 65.4 Å². The number of nitrogens with zero attached hydrogens (tertiary/aromatic N) is 7. The summed E-state index contributed by atoms with van der Waals surface area (Å²) < 4.78 is 1.87. The highest BCUT2D eigenvalue weighted by molar-refractivity contribution is 5.90. The summed E-state index contributed by atoms with van der Waals surface area (Å²) in [6.45, 7) is 11.5. The van der Waals surface area contributed by atoms with Crippen LogP contribution in [0.15, 0.2) is 24.7 Å². The molecular weight excluding hydrogens is 464 g/mol. The number of aromatic nitrogens is 5. The van der Waals surface area contributed by atoms with E-state index in [2.05, 4.69) is 70.9 Å². The number of hydrogen-bond acceptors (Lipinski definition) is 6. The third-order valence-electron chi connectivity index (χ3n) is 8.40. The number of anilines is 1. The van der Waals surface area contributed by atoms with E-state index in [0.29, 0.717) is 24.4 Å². The van der Waals surface area contributed by atoms with E-state index in [1.807, 2.05) is 18.6 Å². The second kappa shape index (κ2) is 8.83. The Balaban J connectivity index is 1.32. The Morgan fingerprint density at radius 1 is 1.16 bits per heavy atom. The molecule has 6 heterocycles. The summed E-state index contributed by atoms with van der Waals surface area (Å²) in [6, 6.07) is 5.28. The Hall–Kier alpha value is -3.46. The number of piperazine rings is 1. The average molecular weight is 501 g/mol. The third-order valence-corrected chi connectivity index (χ3v) is 8.40. The van der Waals surface area contributed by atoms with Crippen LogP contribution in [0.5, 0.6) is 0 Å². The maximum absolute atomic E-state index is 12.1. The van der Waals surface area contributed by atoms with Crippen LogP contribution in [-0.2, 0) is 4.79 Å². The minimum absolute atomic E-state index is 0.199. The Morgan fingerprint density at radius 3 is 2.68 bits per heavy atom. The van der Waals surface area contributed by atoms with E-state index >= 15 is 0 Å². The van der Waals surface area contributed by atoms with E-state index in [1.165, 1.54) is 11.1 Å². The molecule has 2 aliphatic rings. The maximum Gasteiger partial charge on any atom is 0.223 e. The zero-order chi connectivity index (χ0) is 26.0. The van der Waals surface area contributed by atoms with Crippen molar-refractivity contribution in [1.82, 2.24) is 34.4 Å². The quantitative estimate of drug-likeness (QED) is 0.434. The second-order valence-electron chi connectivity index (χ2n) is 11.2. The van der Waals surface area contributed by atoms with Crippen molar-refractivity contribution in [2.24, 2.45) is 0 Å². The molecule has 0 aliphatic carbocycles. The number of fused-ring (bicyclic) bond motifs is 4. The molecule has 2 fully saturated rings. The van der Waals surface area contributed by atoms with Crippen molar-refractivity contribution in [3.63, 3.8) is 0 Å². The standard InChI is InChI=1S/C28H36N8O/c1-16(2)25-26(21-14-36-28(29-15-30-36)18(4)17(21)3)31-22-7-8-23(32-27(22)25)35-13-19-11-20(35)12-34(19)10-9-24(37)33(5)6/h7-8,14-16,19-20,31H,9-13H2,1-6H3/t19-,20-/m0/s1. The van der Waals surface area contributed by atoms with Crippen LogP contribution in [-0.4, -0.2) is 86.1 Å². The summed E-state index contributed by atoms with van der Waals surface area (Å²) >= 11 is 0. The number of nitrogens with one attached hydrogen (secondary N) is 1. The van der Waals surface area contributed by atoms with Crippen molar-refractivity contribution in [2.75, 3.05) is 38.6 Å². The molecule has 9 heteroatoms. The SMILES string of the molecule is Cc1c(-c2[nH]c3ccc(N4C[C@@H]5C[C@H]4CN5CCC(=O)N(C)C)nc3c2C(C)C)cn2ncnc2c1C. The Kier molecular flexibility index (Phi) is 5.71. The van der Waals surface area contributed by atoms with Gasteiger partial charge >= 0.3 is 0 Å². The van der Waals surface area contributed by atoms with Gasteiger partial charge in [0.15, 0.2) is 5.65 Å². The fraction of sp³-hybridized carbons (Fsp3) is 0.500. The molecule has 194 valence electrons. The Morgan fingerprint density at radius 2 is 1.97 bits per heavy atom. The van der Waals surface area contributed by atoms with Crippen LogP contribution in [0.25, 0.3) is 27.9 Å². The molecule has 2 bridgehead atoms. The largest absolute Gasteiger partial charge is 0.353 e. The first-order valence-electron chi connectivity index (χ1n) is 13.3. The summed E-state index contributed by atoms with van der Waals surface area (Å²) in [5, 5.41) is 4.41. The van der Waals surface area contributed by atoms with Crippen molar-refractivity contribution in [1.29, 1.82) is 0 Å². The minimum Gasteiger partial charge on any atom is -0.353 e. The Labute approximate surface area is 217 Å². The summed E-state index contributed by atoms with van der Waals surface area (Å²) in [5.74, 6) is 1.55. The van der Waals surface area contributed by atoms with Crippen LogP contribution in [0.1, 0.15) is 49.3 Å². The number of hydrogen-bond donors (Lipinski definition) is 1. The first-order valence-corrected chi connectivity index (χ1v) is 13.3. The molecule has 0 aromatic carbocycles. The van der Waals surface area contributed by atoms with E-state index in [9.17, 15) is 4.79 Å². The van der Waals surface area contributed by atoms with Gasteiger partial charge in [0.25, 0.3) is 0 Å². The van der Waals surface area contributed by atoms with Gasteiger partial charge in [-0.15, -0.1) is 0 Å². The number of rotatable bonds is 6. The smallest absolute Gasteiger partial charge is 0.223 e. The van der Waals surface area contributed by atoms with Gasteiger partial charge in [0.1, 0.15) is 12.1 Å². The van der Waals surface area contributed by atoms with Gasteiger partial charge in [-0.05, 0) is 49.4 Å². The molecule has 2 atom stereocenters. The van der Waals surface area contributed by atoms with Crippen LogP contribution in [0.3, 0.4) is 0 Å². The molecule has 2 aliphatic heterocycles. The zero-order valence-corrected chi connectivity index (χ0v) is 22.6. The molecule has 6 rings (SSSR count). The van der Waals surface area contributed by atoms with Gasteiger partial charge in [-0.25, -0.2) is 14.5 Å². The van der Waals surface area contributed by atoms with Crippen LogP contribution >= 0.6 is 0 Å². The van der Waals surface area contributed by atoms with Crippen LogP contribution in [0.2, 0.25) is 0 Å². The summed E-state index contributed by atoms with van der Waals surface area (Å²) in [5.41, 5.74) is 8.86. The molecule has 4 aromatic rings. The molecule has 4 aromatic heterocycles. The summed E-state index contributed by atoms with van der Waals surface area (Å²) in [7, 11) is 3.66. The van der Waals surface area contributed by atoms with Crippen molar-refractivity contribution in [3.05, 3.63) is 41.3 Å². The van der Waals surface area contributed by atoms with Crippen molar-refractivity contribution < 1.29 is 4.79 Å². The number of aryl methyl sites for hydroxylation is 1. The molecule has 0 unspecified atom stereocenters. The monoisotopic (exact) mass is 500 g/mol. The Bertz CT molecular complexity index is 1500. The van der Waals surface area contributed by atoms with E-state index in [4.69, 9.17) is 4.98 Å². The van der Waals surface area contributed by atoms with Crippen LogP contribution < -0.4 is 4.90 Å². The fourth-order valence-corrected chi connectivity index (χ4v) is 6.23. The first kappa shape index (κ1) is 23.9. The van der Waals surface area contributed by atoms with Gasteiger partial charge in [-0.1, -0.05) is 13.8 Å².